The van der Waals surface area contributed by atoms with Crippen LogP contribution in [0.15, 0.2) is 59.6 Å². The fourth-order valence-electron chi connectivity index (χ4n) is 5.27. The lowest BCUT2D eigenvalue weighted by Crippen LogP contribution is -2.81. The predicted molar refractivity (Wildman–Crippen MR) is 102 cm³/mol. The maximum Gasteiger partial charge on any atom is 0.298 e. The first-order chi connectivity index (χ1) is 13.3. The molecule has 2 aromatic rings. The molecule has 1 spiro atoms. The van der Waals surface area contributed by atoms with E-state index in [9.17, 15) is 0 Å². The monoisotopic (exact) mass is 361 g/mol. The van der Waals surface area contributed by atoms with E-state index in [1.165, 1.54) is 5.56 Å². The van der Waals surface area contributed by atoms with Crippen LogP contribution < -0.4 is 5.43 Å². The number of aliphatic imine (C=N–C) groups is 1. The molecule has 3 saturated heterocycles. The number of hydrazine groups is 1. The fraction of sp³-hybridized carbons (Fsp3) is 0.409. The van der Waals surface area contributed by atoms with Gasteiger partial charge in [0.1, 0.15) is 11.4 Å². The number of ether oxygens (including phenoxy) is 2. The Morgan fingerprint density at radius 2 is 1.96 bits per heavy atom. The molecule has 7 rings (SSSR count). The van der Waals surface area contributed by atoms with E-state index in [2.05, 4.69) is 54.8 Å². The lowest BCUT2D eigenvalue weighted by molar-refractivity contribution is -0.473. The summed E-state index contributed by atoms with van der Waals surface area (Å²) in [5.41, 5.74) is 6.55. The van der Waals surface area contributed by atoms with Crippen LogP contribution in [0.4, 0.5) is 5.69 Å². The van der Waals surface area contributed by atoms with Crippen molar-refractivity contribution in [2.45, 2.75) is 56.3 Å². The Hall–Kier alpha value is -2.21. The van der Waals surface area contributed by atoms with Gasteiger partial charge in [0, 0.05) is 6.42 Å². The second kappa shape index (κ2) is 5.41. The maximum absolute atomic E-state index is 7.04. The average Bonchev–Trinajstić information content (AvgIpc) is 2.73. The van der Waals surface area contributed by atoms with Crippen LogP contribution in [0.25, 0.3) is 0 Å². The van der Waals surface area contributed by atoms with Crippen molar-refractivity contribution in [3.05, 3.63) is 65.7 Å². The van der Waals surface area contributed by atoms with Crippen molar-refractivity contribution >= 4 is 11.5 Å². The molecule has 4 aliphatic heterocycles. The van der Waals surface area contributed by atoms with Crippen LogP contribution in [0.3, 0.4) is 0 Å². The minimum Gasteiger partial charge on any atom is -0.323 e. The molecule has 1 saturated carbocycles. The molecule has 0 radical (unpaired) electrons. The standard InChI is InChI=1S/C22H23N3O2/c1-2-19-23-17-12-7-6-11-16(17)22-25(19)24-20-18(26-22)13-8-14-21(20,27-22)15-9-4-3-5-10-15/h3-7,9-12,18,20,24H,2,8,13-14H2,1H3/t18-,20-,21+,22-/m1/s1. The highest BCUT2D eigenvalue weighted by atomic mass is 16.8. The van der Waals surface area contributed by atoms with Gasteiger partial charge in [-0.15, -0.1) is 0 Å². The van der Waals surface area contributed by atoms with Gasteiger partial charge in [-0.1, -0.05) is 49.4 Å². The van der Waals surface area contributed by atoms with Crippen LogP contribution in [0, 0.1) is 0 Å². The number of fused-ring (bicyclic) bond motifs is 1. The third-order valence-corrected chi connectivity index (χ3v) is 6.44. The first-order valence-electron chi connectivity index (χ1n) is 9.94. The van der Waals surface area contributed by atoms with E-state index >= 15 is 0 Å². The number of benzene rings is 2. The summed E-state index contributed by atoms with van der Waals surface area (Å²) in [4.78, 5) is 4.87. The Morgan fingerprint density at radius 3 is 2.81 bits per heavy atom. The zero-order chi connectivity index (χ0) is 18.1. The van der Waals surface area contributed by atoms with E-state index < -0.39 is 5.91 Å². The summed E-state index contributed by atoms with van der Waals surface area (Å²) >= 11 is 0. The predicted octanol–water partition coefficient (Wildman–Crippen LogP) is 3.93. The van der Waals surface area contributed by atoms with E-state index in [0.29, 0.717) is 0 Å². The molecule has 2 aromatic carbocycles. The lowest BCUT2D eigenvalue weighted by Gasteiger charge is -2.67. The van der Waals surface area contributed by atoms with Gasteiger partial charge in [-0.2, -0.15) is 0 Å². The normalized spacial score (nSPS) is 36.0. The molecule has 4 atom stereocenters. The van der Waals surface area contributed by atoms with Gasteiger partial charge >= 0.3 is 0 Å². The smallest absolute Gasteiger partial charge is 0.298 e. The molecule has 138 valence electrons. The summed E-state index contributed by atoms with van der Waals surface area (Å²) in [5.74, 6) is -0.00120. The molecule has 4 fully saturated rings. The highest BCUT2D eigenvalue weighted by molar-refractivity contribution is 5.87. The van der Waals surface area contributed by atoms with Crippen molar-refractivity contribution in [2.24, 2.45) is 4.99 Å². The van der Waals surface area contributed by atoms with E-state index in [1.807, 2.05) is 17.1 Å². The summed E-state index contributed by atoms with van der Waals surface area (Å²) in [6.45, 7) is 2.12. The van der Waals surface area contributed by atoms with Crippen LogP contribution in [0.1, 0.15) is 43.7 Å². The SMILES string of the molecule is CCC1=Nc2ccccc2[C@@]23O[C@@H]4CCC[C@@](c5ccccc5)(O2)[C@@H]4NN13. The van der Waals surface area contributed by atoms with Gasteiger partial charge in [0.25, 0.3) is 5.91 Å². The Bertz CT molecular complexity index is 930. The largest absolute Gasteiger partial charge is 0.323 e. The summed E-state index contributed by atoms with van der Waals surface area (Å²) in [6, 6.07) is 18.9. The number of nitrogens with zero attached hydrogens (tertiary/aromatic N) is 2. The van der Waals surface area contributed by atoms with E-state index in [-0.39, 0.29) is 17.7 Å². The summed E-state index contributed by atoms with van der Waals surface area (Å²) in [7, 11) is 0. The third-order valence-electron chi connectivity index (χ3n) is 6.44. The van der Waals surface area contributed by atoms with Crippen LogP contribution in [-0.2, 0) is 21.0 Å². The molecule has 4 heterocycles. The number of hydrogen-bond donors (Lipinski definition) is 1. The second-order valence-electron chi connectivity index (χ2n) is 7.83. The van der Waals surface area contributed by atoms with Gasteiger partial charge < -0.3 is 9.47 Å². The molecular weight excluding hydrogens is 338 g/mol. The van der Waals surface area contributed by atoms with Gasteiger partial charge in [-0.3, -0.25) is 0 Å². The molecular formula is C22H23N3O2. The molecule has 0 amide bonds. The van der Waals surface area contributed by atoms with Crippen molar-refractivity contribution in [3.8, 4) is 0 Å². The Kier molecular flexibility index (Phi) is 3.17. The van der Waals surface area contributed by atoms with Gasteiger partial charge in [-0.05, 0) is 37.0 Å². The van der Waals surface area contributed by atoms with E-state index in [1.54, 1.807) is 0 Å². The molecule has 1 N–H and O–H groups in total. The summed E-state index contributed by atoms with van der Waals surface area (Å²) in [6.07, 6.45) is 4.07. The molecule has 1 aliphatic carbocycles. The molecule has 5 nitrogen and oxygen atoms in total. The van der Waals surface area contributed by atoms with Gasteiger partial charge in [-0.25, -0.2) is 15.4 Å². The third kappa shape index (κ3) is 1.92. The Morgan fingerprint density at radius 1 is 1.15 bits per heavy atom. The number of amidine groups is 1. The molecule has 0 unspecified atom stereocenters. The Labute approximate surface area is 159 Å². The first-order valence-corrected chi connectivity index (χ1v) is 9.94. The van der Waals surface area contributed by atoms with Crippen LogP contribution >= 0.6 is 0 Å². The Balaban J connectivity index is 1.58. The average molecular weight is 361 g/mol. The maximum atomic E-state index is 7.04. The fourth-order valence-corrected chi connectivity index (χ4v) is 5.27. The van der Waals surface area contributed by atoms with Gasteiger partial charge in [0.2, 0.25) is 0 Å². The van der Waals surface area contributed by atoms with Crippen molar-refractivity contribution in [1.29, 1.82) is 0 Å². The number of para-hydroxylation sites is 1. The van der Waals surface area contributed by atoms with Gasteiger partial charge in [0.15, 0.2) is 0 Å². The number of nitrogens with one attached hydrogen (secondary N) is 1. The van der Waals surface area contributed by atoms with Crippen LogP contribution in [-0.4, -0.2) is 23.0 Å². The lowest BCUT2D eigenvalue weighted by atomic mass is 9.72. The van der Waals surface area contributed by atoms with E-state index in [0.717, 1.165) is 42.8 Å². The van der Waals surface area contributed by atoms with Crippen molar-refractivity contribution in [2.75, 3.05) is 0 Å². The molecule has 0 aromatic heterocycles. The van der Waals surface area contributed by atoms with Crippen LogP contribution in [0.5, 0.6) is 0 Å². The molecule has 4 bridgehead atoms. The summed E-state index contributed by atoms with van der Waals surface area (Å²) < 4.78 is 13.8. The highest BCUT2D eigenvalue weighted by Crippen LogP contribution is 2.58. The first kappa shape index (κ1) is 15.8. The molecule has 5 aliphatic rings. The van der Waals surface area contributed by atoms with Crippen molar-refractivity contribution in [3.63, 3.8) is 0 Å². The van der Waals surface area contributed by atoms with Gasteiger partial charge in [0.05, 0.1) is 23.4 Å². The molecule has 27 heavy (non-hydrogen) atoms. The number of rotatable bonds is 2. The summed E-state index contributed by atoms with van der Waals surface area (Å²) in [5, 5.41) is 2.04. The quantitative estimate of drug-likeness (QED) is 0.880. The van der Waals surface area contributed by atoms with Crippen molar-refractivity contribution in [1.82, 2.24) is 10.4 Å². The zero-order valence-electron chi connectivity index (χ0n) is 15.4. The minimum atomic E-state index is -0.959. The van der Waals surface area contributed by atoms with E-state index in [4.69, 9.17) is 14.5 Å². The minimum absolute atomic E-state index is 0.0811. The van der Waals surface area contributed by atoms with Crippen molar-refractivity contribution < 1.29 is 9.47 Å². The molecule has 5 heteroatoms. The number of hydrogen-bond acceptors (Lipinski definition) is 5. The topological polar surface area (TPSA) is 46.1 Å². The van der Waals surface area contributed by atoms with Crippen LogP contribution in [0.2, 0.25) is 0 Å². The highest BCUT2D eigenvalue weighted by Gasteiger charge is 2.68. The zero-order valence-corrected chi connectivity index (χ0v) is 15.4. The second-order valence-corrected chi connectivity index (χ2v) is 7.83.